The van der Waals surface area contributed by atoms with Gasteiger partial charge in [0.15, 0.2) is 0 Å². The summed E-state index contributed by atoms with van der Waals surface area (Å²) in [5.74, 6) is 2.31. The van der Waals surface area contributed by atoms with Gasteiger partial charge in [0.25, 0.3) is 0 Å². The zero-order chi connectivity index (χ0) is 14.0. The van der Waals surface area contributed by atoms with Gasteiger partial charge in [0.1, 0.15) is 23.4 Å². The topological polar surface area (TPSA) is 27.7 Å². The van der Waals surface area contributed by atoms with E-state index in [0.717, 1.165) is 30.1 Å². The first kappa shape index (κ1) is 14.5. The minimum Gasteiger partial charge on any atom is -0.496 e. The first-order valence-corrected chi connectivity index (χ1v) is 7.49. The maximum absolute atomic E-state index is 6.12. The van der Waals surface area contributed by atoms with Crippen molar-refractivity contribution in [3.63, 3.8) is 0 Å². The Balaban J connectivity index is 2.15. The summed E-state index contributed by atoms with van der Waals surface area (Å²) in [5, 5.41) is 0. The SMILES string of the molecule is CCC1(C)C(Br)CC1Oc1cc(OC)cc(OC)c1. The molecule has 1 aromatic rings. The van der Waals surface area contributed by atoms with Crippen molar-refractivity contribution >= 4 is 15.9 Å². The molecular formula is C15H21BrO3. The van der Waals surface area contributed by atoms with E-state index in [4.69, 9.17) is 14.2 Å². The van der Waals surface area contributed by atoms with Gasteiger partial charge in [-0.1, -0.05) is 29.8 Å². The summed E-state index contributed by atoms with van der Waals surface area (Å²) in [6.07, 6.45) is 2.36. The van der Waals surface area contributed by atoms with Crippen molar-refractivity contribution < 1.29 is 14.2 Å². The number of ether oxygens (including phenoxy) is 3. The molecule has 0 bridgehead atoms. The summed E-state index contributed by atoms with van der Waals surface area (Å²) in [7, 11) is 3.29. The fraction of sp³-hybridized carbons (Fsp3) is 0.600. The van der Waals surface area contributed by atoms with Crippen LogP contribution in [0.1, 0.15) is 26.7 Å². The van der Waals surface area contributed by atoms with Gasteiger partial charge in [0.05, 0.1) is 14.2 Å². The van der Waals surface area contributed by atoms with Crippen LogP contribution >= 0.6 is 15.9 Å². The van der Waals surface area contributed by atoms with Gasteiger partial charge in [-0.05, 0) is 12.8 Å². The van der Waals surface area contributed by atoms with Gasteiger partial charge in [0.2, 0.25) is 0 Å². The molecule has 106 valence electrons. The van der Waals surface area contributed by atoms with Gasteiger partial charge < -0.3 is 14.2 Å². The molecule has 19 heavy (non-hydrogen) atoms. The van der Waals surface area contributed by atoms with Gasteiger partial charge in [-0.25, -0.2) is 0 Å². The first-order valence-electron chi connectivity index (χ1n) is 6.57. The lowest BCUT2D eigenvalue weighted by molar-refractivity contribution is -0.0245. The monoisotopic (exact) mass is 328 g/mol. The number of halogens is 1. The minimum atomic E-state index is 0.191. The van der Waals surface area contributed by atoms with E-state index in [9.17, 15) is 0 Å². The highest BCUT2D eigenvalue weighted by atomic mass is 79.9. The van der Waals surface area contributed by atoms with Gasteiger partial charge in [-0.15, -0.1) is 0 Å². The van der Waals surface area contributed by atoms with Crippen molar-refractivity contribution in [3.05, 3.63) is 18.2 Å². The molecule has 1 fully saturated rings. The van der Waals surface area contributed by atoms with Crippen molar-refractivity contribution in [3.8, 4) is 17.2 Å². The lowest BCUT2D eigenvalue weighted by atomic mass is 9.65. The number of hydrogen-bond donors (Lipinski definition) is 0. The van der Waals surface area contributed by atoms with Gasteiger partial charge in [-0.3, -0.25) is 0 Å². The van der Waals surface area contributed by atoms with Gasteiger partial charge in [-0.2, -0.15) is 0 Å². The average Bonchev–Trinajstić information content (AvgIpc) is 2.45. The Labute approximate surface area is 123 Å². The molecule has 2 rings (SSSR count). The molecule has 0 aliphatic heterocycles. The summed E-state index contributed by atoms with van der Waals surface area (Å²) < 4.78 is 16.6. The van der Waals surface area contributed by atoms with Crippen LogP contribution in [0, 0.1) is 5.41 Å². The van der Waals surface area contributed by atoms with Crippen LogP contribution in [-0.2, 0) is 0 Å². The second kappa shape index (κ2) is 5.61. The average molecular weight is 329 g/mol. The Bertz CT molecular complexity index is 427. The van der Waals surface area contributed by atoms with Crippen LogP contribution in [0.2, 0.25) is 0 Å². The molecule has 1 saturated carbocycles. The van der Waals surface area contributed by atoms with Crippen LogP contribution in [0.15, 0.2) is 18.2 Å². The number of hydrogen-bond acceptors (Lipinski definition) is 3. The van der Waals surface area contributed by atoms with Crippen LogP contribution in [0.5, 0.6) is 17.2 Å². The zero-order valence-electron chi connectivity index (χ0n) is 11.9. The molecule has 0 radical (unpaired) electrons. The van der Waals surface area contributed by atoms with E-state index in [2.05, 4.69) is 29.8 Å². The molecule has 0 saturated heterocycles. The molecule has 3 unspecified atom stereocenters. The third-order valence-corrected chi connectivity index (χ3v) is 5.66. The summed E-state index contributed by atoms with van der Waals surface area (Å²) >= 11 is 3.72. The first-order chi connectivity index (χ1) is 9.03. The smallest absolute Gasteiger partial charge is 0.127 e. The fourth-order valence-electron chi connectivity index (χ4n) is 2.41. The molecule has 1 aliphatic carbocycles. The van der Waals surface area contributed by atoms with Crippen molar-refractivity contribution in [2.45, 2.75) is 37.6 Å². The molecular weight excluding hydrogens is 308 g/mol. The lowest BCUT2D eigenvalue weighted by Crippen LogP contribution is -2.54. The maximum Gasteiger partial charge on any atom is 0.127 e. The fourth-order valence-corrected chi connectivity index (χ4v) is 3.37. The Morgan fingerprint density at radius 2 is 1.68 bits per heavy atom. The van der Waals surface area contributed by atoms with E-state index in [1.165, 1.54) is 0 Å². The quantitative estimate of drug-likeness (QED) is 0.763. The minimum absolute atomic E-state index is 0.191. The highest BCUT2D eigenvalue weighted by Crippen LogP contribution is 2.50. The number of rotatable bonds is 5. The predicted octanol–water partition coefficient (Wildman–Crippen LogP) is 4.03. The Kier molecular flexibility index (Phi) is 4.29. The van der Waals surface area contributed by atoms with Crippen LogP contribution in [0.25, 0.3) is 0 Å². The van der Waals surface area contributed by atoms with Crippen LogP contribution in [0.4, 0.5) is 0 Å². The van der Waals surface area contributed by atoms with E-state index >= 15 is 0 Å². The van der Waals surface area contributed by atoms with E-state index < -0.39 is 0 Å². The van der Waals surface area contributed by atoms with Crippen molar-refractivity contribution in [2.24, 2.45) is 5.41 Å². The highest BCUT2D eigenvalue weighted by molar-refractivity contribution is 9.09. The summed E-state index contributed by atoms with van der Waals surface area (Å²) in [6, 6.07) is 5.65. The Morgan fingerprint density at radius 1 is 1.16 bits per heavy atom. The van der Waals surface area contributed by atoms with Gasteiger partial charge in [0, 0.05) is 28.4 Å². The molecule has 4 heteroatoms. The van der Waals surface area contributed by atoms with Gasteiger partial charge >= 0.3 is 0 Å². The third kappa shape index (κ3) is 2.69. The standard InChI is InChI=1S/C15H21BrO3/c1-5-15(2)13(16)9-14(15)19-12-7-10(17-3)6-11(8-12)18-4/h6-8,13-14H,5,9H2,1-4H3. The summed E-state index contributed by atoms with van der Waals surface area (Å²) in [4.78, 5) is 0.530. The maximum atomic E-state index is 6.12. The second-order valence-electron chi connectivity index (χ2n) is 5.22. The molecule has 0 N–H and O–H groups in total. The Morgan fingerprint density at radius 3 is 2.11 bits per heavy atom. The molecule has 0 aromatic heterocycles. The van der Waals surface area contributed by atoms with E-state index in [0.29, 0.717) is 4.83 Å². The number of methoxy groups -OCH3 is 2. The van der Waals surface area contributed by atoms with E-state index in [1.807, 2.05) is 18.2 Å². The van der Waals surface area contributed by atoms with Crippen LogP contribution in [-0.4, -0.2) is 25.2 Å². The molecule has 0 amide bonds. The molecule has 0 heterocycles. The third-order valence-electron chi connectivity index (χ3n) is 4.24. The summed E-state index contributed by atoms with van der Waals surface area (Å²) in [6.45, 7) is 4.47. The Hall–Kier alpha value is -0.900. The molecule has 3 atom stereocenters. The van der Waals surface area contributed by atoms with Crippen molar-refractivity contribution in [1.82, 2.24) is 0 Å². The number of benzene rings is 1. The lowest BCUT2D eigenvalue weighted by Gasteiger charge is -2.50. The van der Waals surface area contributed by atoms with Crippen LogP contribution < -0.4 is 14.2 Å². The normalized spacial score (nSPS) is 29.5. The second-order valence-corrected chi connectivity index (χ2v) is 6.32. The molecule has 1 aliphatic rings. The zero-order valence-corrected chi connectivity index (χ0v) is 13.5. The largest absolute Gasteiger partial charge is 0.496 e. The van der Waals surface area contributed by atoms with Crippen molar-refractivity contribution in [2.75, 3.05) is 14.2 Å². The number of alkyl halides is 1. The van der Waals surface area contributed by atoms with E-state index in [-0.39, 0.29) is 11.5 Å². The molecule has 1 aromatic carbocycles. The highest BCUT2D eigenvalue weighted by Gasteiger charge is 2.50. The van der Waals surface area contributed by atoms with Crippen LogP contribution in [0.3, 0.4) is 0 Å². The predicted molar refractivity (Wildman–Crippen MR) is 79.7 cm³/mol. The summed E-state index contributed by atoms with van der Waals surface area (Å²) in [5.41, 5.74) is 0.191. The van der Waals surface area contributed by atoms with E-state index in [1.54, 1.807) is 14.2 Å². The molecule has 3 nitrogen and oxygen atoms in total. The molecule has 0 spiro atoms. The van der Waals surface area contributed by atoms with Crippen molar-refractivity contribution in [1.29, 1.82) is 0 Å².